The number of nitrogens with one attached hydrogen (secondary N) is 1. The Morgan fingerprint density at radius 2 is 2.04 bits per heavy atom. The zero-order valence-corrected chi connectivity index (χ0v) is 15.1. The molecule has 2 saturated heterocycles. The van der Waals surface area contributed by atoms with Gasteiger partial charge in [-0.1, -0.05) is 30.3 Å². The third-order valence-corrected chi connectivity index (χ3v) is 4.83. The summed E-state index contributed by atoms with van der Waals surface area (Å²) in [6.07, 6.45) is 2.83. The smallest absolute Gasteiger partial charge is 0.227 e. The van der Waals surface area contributed by atoms with E-state index in [0.717, 1.165) is 11.3 Å². The second kappa shape index (κ2) is 7.69. The van der Waals surface area contributed by atoms with Crippen molar-refractivity contribution in [3.8, 4) is 0 Å². The van der Waals surface area contributed by atoms with Crippen molar-refractivity contribution < 1.29 is 19.0 Å². The summed E-state index contributed by atoms with van der Waals surface area (Å²) in [6.45, 7) is 1.14. The normalized spacial score (nSPS) is 24.9. The maximum Gasteiger partial charge on any atom is 0.227 e. The number of amides is 1. The van der Waals surface area contributed by atoms with Crippen LogP contribution in [0.15, 0.2) is 48.9 Å². The molecular formula is C19H22N4O4. The maximum absolute atomic E-state index is 12.4. The monoisotopic (exact) mass is 370 g/mol. The molecule has 2 atom stereocenters. The standard InChI is InChI=1S/C19H22N4O4/c1-23-17(24)11-16(15-7-8-20-13-21-15)22-18(23)25-12-19(26-9-10-27-19)14-5-3-2-4-6-14/h2-8,13,16,18,22H,9-12H2,1H3. The van der Waals surface area contributed by atoms with Gasteiger partial charge in [0.15, 0.2) is 6.35 Å². The van der Waals surface area contributed by atoms with Crippen LogP contribution in [0.2, 0.25) is 0 Å². The van der Waals surface area contributed by atoms with Crippen LogP contribution in [-0.4, -0.2) is 54.0 Å². The van der Waals surface area contributed by atoms with Crippen molar-refractivity contribution in [2.75, 3.05) is 26.9 Å². The largest absolute Gasteiger partial charge is 0.342 e. The average molecular weight is 370 g/mol. The minimum atomic E-state index is -0.964. The van der Waals surface area contributed by atoms with Crippen molar-refractivity contribution in [3.05, 3.63) is 60.2 Å². The molecule has 4 rings (SSSR count). The first-order valence-corrected chi connectivity index (χ1v) is 8.91. The summed E-state index contributed by atoms with van der Waals surface area (Å²) in [5.74, 6) is -0.987. The molecule has 1 amide bonds. The van der Waals surface area contributed by atoms with Gasteiger partial charge in [0.25, 0.3) is 0 Å². The number of carbonyl (C=O) groups is 1. The third-order valence-electron chi connectivity index (χ3n) is 4.83. The molecule has 2 aliphatic heterocycles. The van der Waals surface area contributed by atoms with E-state index in [9.17, 15) is 4.79 Å². The third kappa shape index (κ3) is 3.70. The zero-order valence-electron chi connectivity index (χ0n) is 15.1. The van der Waals surface area contributed by atoms with Crippen molar-refractivity contribution in [2.45, 2.75) is 24.6 Å². The molecule has 8 nitrogen and oxygen atoms in total. The van der Waals surface area contributed by atoms with E-state index in [1.807, 2.05) is 30.3 Å². The maximum atomic E-state index is 12.4. The van der Waals surface area contributed by atoms with Crippen LogP contribution in [0.5, 0.6) is 0 Å². The Morgan fingerprint density at radius 3 is 2.74 bits per heavy atom. The lowest BCUT2D eigenvalue weighted by Gasteiger charge is -2.39. The number of benzene rings is 1. The summed E-state index contributed by atoms with van der Waals surface area (Å²) in [6, 6.07) is 11.3. The number of aromatic nitrogens is 2. The van der Waals surface area contributed by atoms with Crippen LogP contribution in [0.4, 0.5) is 0 Å². The summed E-state index contributed by atoms with van der Waals surface area (Å²) in [7, 11) is 1.71. The fourth-order valence-electron chi connectivity index (χ4n) is 3.32. The van der Waals surface area contributed by atoms with Crippen LogP contribution in [0, 0.1) is 0 Å². The number of hydrogen-bond donors (Lipinski definition) is 1. The van der Waals surface area contributed by atoms with Gasteiger partial charge < -0.3 is 19.1 Å². The molecule has 2 fully saturated rings. The van der Waals surface area contributed by atoms with Crippen molar-refractivity contribution >= 4 is 5.91 Å². The molecule has 0 saturated carbocycles. The highest BCUT2D eigenvalue weighted by atomic mass is 16.8. The molecule has 2 aromatic rings. The zero-order chi connectivity index (χ0) is 18.7. The Labute approximate surface area is 157 Å². The van der Waals surface area contributed by atoms with E-state index >= 15 is 0 Å². The molecule has 0 bridgehead atoms. The molecule has 0 spiro atoms. The van der Waals surface area contributed by atoms with Gasteiger partial charge in [-0.3, -0.25) is 10.1 Å². The summed E-state index contributed by atoms with van der Waals surface area (Å²) < 4.78 is 17.8. The molecule has 8 heteroatoms. The SMILES string of the molecule is CN1C(=O)CC(c2ccncn2)NC1OCC1(c2ccccc2)OCCO1. The Balaban J connectivity index is 1.49. The van der Waals surface area contributed by atoms with E-state index in [1.165, 1.54) is 6.33 Å². The predicted octanol–water partition coefficient (Wildman–Crippen LogP) is 1.17. The Morgan fingerprint density at radius 1 is 1.26 bits per heavy atom. The Bertz CT molecular complexity index is 768. The second-order valence-corrected chi connectivity index (χ2v) is 6.54. The average Bonchev–Trinajstić information content (AvgIpc) is 3.20. The van der Waals surface area contributed by atoms with Crippen LogP contribution >= 0.6 is 0 Å². The van der Waals surface area contributed by atoms with E-state index in [2.05, 4.69) is 15.3 Å². The van der Waals surface area contributed by atoms with Crippen LogP contribution < -0.4 is 5.32 Å². The van der Waals surface area contributed by atoms with E-state index < -0.39 is 12.1 Å². The van der Waals surface area contributed by atoms with Crippen molar-refractivity contribution in [1.29, 1.82) is 0 Å². The van der Waals surface area contributed by atoms with Crippen molar-refractivity contribution in [1.82, 2.24) is 20.2 Å². The molecular weight excluding hydrogens is 348 g/mol. The molecule has 142 valence electrons. The summed E-state index contributed by atoms with van der Waals surface area (Å²) in [5.41, 5.74) is 1.64. The van der Waals surface area contributed by atoms with E-state index in [-0.39, 0.29) is 18.6 Å². The molecule has 3 heterocycles. The molecule has 0 radical (unpaired) electrons. The number of rotatable bonds is 5. The quantitative estimate of drug-likeness (QED) is 0.845. The van der Waals surface area contributed by atoms with Crippen molar-refractivity contribution in [2.24, 2.45) is 0 Å². The van der Waals surface area contributed by atoms with Crippen LogP contribution in [-0.2, 0) is 24.8 Å². The van der Waals surface area contributed by atoms with Gasteiger partial charge in [-0.05, 0) is 6.07 Å². The van der Waals surface area contributed by atoms with Gasteiger partial charge in [0.1, 0.15) is 12.9 Å². The summed E-state index contributed by atoms with van der Waals surface area (Å²) in [4.78, 5) is 22.2. The molecule has 1 aromatic carbocycles. The van der Waals surface area contributed by atoms with Gasteiger partial charge in [0.2, 0.25) is 11.7 Å². The highest BCUT2D eigenvalue weighted by Gasteiger charge is 2.41. The van der Waals surface area contributed by atoms with E-state index in [4.69, 9.17) is 14.2 Å². The van der Waals surface area contributed by atoms with Gasteiger partial charge in [-0.25, -0.2) is 9.97 Å². The summed E-state index contributed by atoms with van der Waals surface area (Å²) >= 11 is 0. The Hall–Kier alpha value is -2.39. The lowest BCUT2D eigenvalue weighted by Crippen LogP contribution is -2.56. The minimum absolute atomic E-state index is 0.0237. The molecule has 0 aliphatic carbocycles. The number of hydrogen-bond acceptors (Lipinski definition) is 7. The Kier molecular flexibility index (Phi) is 5.13. The van der Waals surface area contributed by atoms with Crippen molar-refractivity contribution in [3.63, 3.8) is 0 Å². The van der Waals surface area contributed by atoms with Gasteiger partial charge in [-0.15, -0.1) is 0 Å². The fraction of sp³-hybridized carbons (Fsp3) is 0.421. The first kappa shape index (κ1) is 18.0. The summed E-state index contributed by atoms with van der Waals surface area (Å²) in [5, 5.41) is 3.32. The van der Waals surface area contributed by atoms with Crippen LogP contribution in [0.3, 0.4) is 0 Å². The number of carbonyl (C=O) groups excluding carboxylic acids is 1. The molecule has 1 N–H and O–H groups in total. The number of ether oxygens (including phenoxy) is 3. The topological polar surface area (TPSA) is 85.8 Å². The molecule has 27 heavy (non-hydrogen) atoms. The van der Waals surface area contributed by atoms with Gasteiger partial charge in [0.05, 0.1) is 24.9 Å². The van der Waals surface area contributed by atoms with Gasteiger partial charge in [-0.2, -0.15) is 0 Å². The lowest BCUT2D eigenvalue weighted by atomic mass is 10.1. The second-order valence-electron chi connectivity index (χ2n) is 6.54. The highest BCUT2D eigenvalue weighted by molar-refractivity contribution is 5.77. The minimum Gasteiger partial charge on any atom is -0.342 e. The van der Waals surface area contributed by atoms with Gasteiger partial charge >= 0.3 is 0 Å². The highest BCUT2D eigenvalue weighted by Crippen LogP contribution is 2.32. The lowest BCUT2D eigenvalue weighted by molar-refractivity contribution is -0.231. The molecule has 1 aromatic heterocycles. The van der Waals surface area contributed by atoms with Gasteiger partial charge in [0, 0.05) is 25.2 Å². The fourth-order valence-corrected chi connectivity index (χ4v) is 3.32. The first-order valence-electron chi connectivity index (χ1n) is 8.91. The van der Waals surface area contributed by atoms with E-state index in [1.54, 1.807) is 24.2 Å². The molecule has 2 unspecified atom stereocenters. The van der Waals surface area contributed by atoms with Crippen LogP contribution in [0.25, 0.3) is 0 Å². The number of nitrogens with zero attached hydrogens (tertiary/aromatic N) is 3. The van der Waals surface area contributed by atoms with Crippen LogP contribution in [0.1, 0.15) is 23.7 Å². The first-order chi connectivity index (χ1) is 13.2. The predicted molar refractivity (Wildman–Crippen MR) is 95.1 cm³/mol. The molecule has 2 aliphatic rings. The van der Waals surface area contributed by atoms with E-state index in [0.29, 0.717) is 19.6 Å².